The summed E-state index contributed by atoms with van der Waals surface area (Å²) >= 11 is 6.20. The summed E-state index contributed by atoms with van der Waals surface area (Å²) in [7, 11) is 0. The highest BCUT2D eigenvalue weighted by Gasteiger charge is 2.21. The van der Waals surface area contributed by atoms with Crippen molar-refractivity contribution >= 4 is 17.3 Å². The maximum atomic E-state index is 12.1. The molecule has 5 nitrogen and oxygen atoms in total. The molecule has 1 aliphatic heterocycles. The molecular weight excluding hydrogens is 264 g/mol. The number of nitrogens with two attached hydrogens (primary N) is 1. The summed E-state index contributed by atoms with van der Waals surface area (Å²) in [6.07, 6.45) is 4.67. The first-order chi connectivity index (χ1) is 9.17. The smallest absolute Gasteiger partial charge is 0.287 e. The zero-order chi connectivity index (χ0) is 13.8. The summed E-state index contributed by atoms with van der Waals surface area (Å²) in [6.45, 7) is 5.13. The number of rotatable bonds is 4. The number of aromatic nitrogens is 2. The van der Waals surface area contributed by atoms with Gasteiger partial charge in [-0.1, -0.05) is 18.5 Å². The lowest BCUT2D eigenvalue weighted by Gasteiger charge is -2.33. The number of hydrogen-bond donors (Lipinski definition) is 1. The van der Waals surface area contributed by atoms with Gasteiger partial charge < -0.3 is 10.6 Å². The van der Waals surface area contributed by atoms with Gasteiger partial charge >= 0.3 is 0 Å². The van der Waals surface area contributed by atoms with Crippen molar-refractivity contribution in [1.29, 1.82) is 0 Å². The Morgan fingerprint density at radius 2 is 2.16 bits per heavy atom. The molecule has 0 atom stereocenters. The molecule has 0 aromatic carbocycles. The van der Waals surface area contributed by atoms with Crippen molar-refractivity contribution in [2.75, 3.05) is 24.5 Å². The molecule has 0 unspecified atom stereocenters. The fourth-order valence-corrected chi connectivity index (χ4v) is 2.72. The number of piperidine rings is 1. The average molecular weight is 285 g/mol. The highest BCUT2D eigenvalue weighted by molar-refractivity contribution is 6.33. The molecular formula is C13H21ClN4O. The van der Waals surface area contributed by atoms with Crippen LogP contribution in [-0.2, 0) is 6.54 Å². The van der Waals surface area contributed by atoms with Gasteiger partial charge in [0.2, 0.25) is 0 Å². The Morgan fingerprint density at radius 1 is 1.47 bits per heavy atom. The van der Waals surface area contributed by atoms with Gasteiger partial charge in [-0.05, 0) is 31.7 Å². The van der Waals surface area contributed by atoms with Crippen LogP contribution in [0, 0.1) is 5.92 Å². The topological polar surface area (TPSA) is 64.2 Å². The molecule has 0 saturated carbocycles. The van der Waals surface area contributed by atoms with Crippen LogP contribution in [0.4, 0.5) is 5.69 Å². The molecule has 6 heteroatoms. The van der Waals surface area contributed by atoms with Gasteiger partial charge in [0.05, 0.1) is 11.9 Å². The number of anilines is 1. The average Bonchev–Trinajstić information content (AvgIpc) is 2.45. The second kappa shape index (κ2) is 6.39. The van der Waals surface area contributed by atoms with Crippen molar-refractivity contribution in [2.45, 2.75) is 32.7 Å². The van der Waals surface area contributed by atoms with Gasteiger partial charge in [0.25, 0.3) is 5.56 Å². The first-order valence-electron chi connectivity index (χ1n) is 6.88. The van der Waals surface area contributed by atoms with E-state index in [-0.39, 0.29) is 10.6 Å². The largest absolute Gasteiger partial charge is 0.369 e. The fourth-order valence-electron chi connectivity index (χ4n) is 2.46. The van der Waals surface area contributed by atoms with E-state index in [2.05, 4.69) is 10.00 Å². The van der Waals surface area contributed by atoms with Crippen LogP contribution in [0.1, 0.15) is 26.2 Å². The molecule has 0 amide bonds. The van der Waals surface area contributed by atoms with Gasteiger partial charge in [-0.2, -0.15) is 5.10 Å². The fraction of sp³-hybridized carbons (Fsp3) is 0.692. The maximum Gasteiger partial charge on any atom is 0.287 e. The van der Waals surface area contributed by atoms with Gasteiger partial charge in [-0.15, -0.1) is 0 Å². The van der Waals surface area contributed by atoms with E-state index in [4.69, 9.17) is 17.3 Å². The van der Waals surface area contributed by atoms with Crippen molar-refractivity contribution < 1.29 is 0 Å². The lowest BCUT2D eigenvalue weighted by molar-refractivity contribution is 0.414. The summed E-state index contributed by atoms with van der Waals surface area (Å²) in [5, 5.41) is 4.48. The molecule has 2 heterocycles. The van der Waals surface area contributed by atoms with Crippen LogP contribution in [0.25, 0.3) is 0 Å². The number of halogens is 1. The minimum Gasteiger partial charge on any atom is -0.369 e. The molecule has 106 valence electrons. The second-order valence-electron chi connectivity index (χ2n) is 5.04. The first-order valence-corrected chi connectivity index (χ1v) is 7.25. The predicted octanol–water partition coefficient (Wildman–Crippen LogP) is 1.48. The minimum atomic E-state index is -0.193. The van der Waals surface area contributed by atoms with E-state index in [1.807, 2.05) is 6.92 Å². The van der Waals surface area contributed by atoms with Gasteiger partial charge in [0, 0.05) is 19.6 Å². The van der Waals surface area contributed by atoms with Gasteiger partial charge in [0.1, 0.15) is 5.02 Å². The molecule has 1 fully saturated rings. The molecule has 1 aromatic heterocycles. The van der Waals surface area contributed by atoms with Gasteiger partial charge in [0.15, 0.2) is 0 Å². The third kappa shape index (κ3) is 3.09. The molecule has 1 saturated heterocycles. The van der Waals surface area contributed by atoms with Crippen molar-refractivity contribution in [1.82, 2.24) is 9.78 Å². The Kier molecular flexibility index (Phi) is 4.82. The van der Waals surface area contributed by atoms with Crippen LogP contribution >= 0.6 is 11.6 Å². The number of nitrogens with zero attached hydrogens (tertiary/aromatic N) is 3. The summed E-state index contributed by atoms with van der Waals surface area (Å²) in [5.41, 5.74) is 6.25. The third-order valence-corrected chi connectivity index (χ3v) is 4.05. The summed E-state index contributed by atoms with van der Waals surface area (Å²) in [5.74, 6) is 0.587. The molecule has 19 heavy (non-hydrogen) atoms. The van der Waals surface area contributed by atoms with E-state index < -0.39 is 0 Å². The van der Waals surface area contributed by atoms with Gasteiger partial charge in [-0.3, -0.25) is 4.79 Å². The van der Waals surface area contributed by atoms with Crippen molar-refractivity contribution in [3.63, 3.8) is 0 Å². The van der Waals surface area contributed by atoms with Crippen LogP contribution in [-0.4, -0.2) is 29.4 Å². The Hall–Kier alpha value is -1.07. The zero-order valence-electron chi connectivity index (χ0n) is 11.3. The predicted molar refractivity (Wildman–Crippen MR) is 77.8 cm³/mol. The van der Waals surface area contributed by atoms with Gasteiger partial charge in [-0.25, -0.2) is 4.68 Å². The second-order valence-corrected chi connectivity index (χ2v) is 5.42. The summed E-state index contributed by atoms with van der Waals surface area (Å²) in [4.78, 5) is 14.2. The summed E-state index contributed by atoms with van der Waals surface area (Å²) in [6, 6.07) is 0. The van der Waals surface area contributed by atoms with E-state index in [1.165, 1.54) is 4.68 Å². The Bertz CT molecular complexity index is 480. The van der Waals surface area contributed by atoms with Crippen molar-refractivity contribution in [2.24, 2.45) is 11.7 Å². The zero-order valence-corrected chi connectivity index (χ0v) is 12.1. The van der Waals surface area contributed by atoms with E-state index in [0.717, 1.165) is 44.6 Å². The summed E-state index contributed by atoms with van der Waals surface area (Å²) < 4.78 is 1.43. The molecule has 2 rings (SSSR count). The minimum absolute atomic E-state index is 0.193. The normalized spacial score (nSPS) is 16.9. The lowest BCUT2D eigenvalue weighted by atomic mass is 9.97. The molecule has 0 aliphatic carbocycles. The molecule has 2 N–H and O–H groups in total. The number of hydrogen-bond acceptors (Lipinski definition) is 4. The van der Waals surface area contributed by atoms with E-state index in [9.17, 15) is 4.79 Å². The highest BCUT2D eigenvalue weighted by atomic mass is 35.5. The standard InChI is InChI=1S/C13H21ClN4O/c1-2-5-18-13(19)12(14)11(9-16-18)17-6-3-10(8-15)4-7-17/h9-10H,2-8,15H2,1H3. The molecule has 0 spiro atoms. The Morgan fingerprint density at radius 3 is 2.74 bits per heavy atom. The van der Waals surface area contributed by atoms with E-state index in [1.54, 1.807) is 6.20 Å². The molecule has 1 aromatic rings. The van der Waals surface area contributed by atoms with Crippen LogP contribution < -0.4 is 16.2 Å². The quantitative estimate of drug-likeness (QED) is 0.910. The first kappa shape index (κ1) is 14.3. The highest BCUT2D eigenvalue weighted by Crippen LogP contribution is 2.26. The van der Waals surface area contributed by atoms with Crippen LogP contribution in [0.5, 0.6) is 0 Å². The molecule has 1 aliphatic rings. The maximum absolute atomic E-state index is 12.1. The third-order valence-electron chi connectivity index (χ3n) is 3.69. The SMILES string of the molecule is CCCn1ncc(N2CCC(CN)CC2)c(Cl)c1=O. The monoisotopic (exact) mass is 284 g/mol. The molecule has 0 radical (unpaired) electrons. The Balaban J connectivity index is 2.18. The number of aryl methyl sites for hydroxylation is 1. The molecule has 0 bridgehead atoms. The lowest BCUT2D eigenvalue weighted by Crippen LogP contribution is -2.37. The van der Waals surface area contributed by atoms with Crippen molar-refractivity contribution in [3.05, 3.63) is 21.6 Å². The van der Waals surface area contributed by atoms with E-state index >= 15 is 0 Å². The van der Waals surface area contributed by atoms with Crippen LogP contribution in [0.15, 0.2) is 11.0 Å². The van der Waals surface area contributed by atoms with Crippen molar-refractivity contribution in [3.8, 4) is 0 Å². The van der Waals surface area contributed by atoms with E-state index in [0.29, 0.717) is 12.5 Å². The van der Waals surface area contributed by atoms with Crippen LogP contribution in [0.2, 0.25) is 5.02 Å². The Labute approximate surface area is 118 Å². The van der Waals surface area contributed by atoms with Crippen LogP contribution in [0.3, 0.4) is 0 Å².